The van der Waals surface area contributed by atoms with Gasteiger partial charge in [0.1, 0.15) is 11.5 Å². The summed E-state index contributed by atoms with van der Waals surface area (Å²) in [5.41, 5.74) is 2.05. The molecule has 0 aromatic heterocycles. The van der Waals surface area contributed by atoms with E-state index in [2.05, 4.69) is 5.32 Å². The van der Waals surface area contributed by atoms with Crippen molar-refractivity contribution in [2.24, 2.45) is 0 Å². The minimum Gasteiger partial charge on any atom is -0.495 e. The fourth-order valence-corrected chi connectivity index (χ4v) is 5.16. The highest BCUT2D eigenvalue weighted by molar-refractivity contribution is 7.92. The van der Waals surface area contributed by atoms with Crippen LogP contribution in [0.25, 0.3) is 0 Å². The Bertz CT molecular complexity index is 1040. The number of hydrogen-bond donors (Lipinski definition) is 1. The van der Waals surface area contributed by atoms with Crippen molar-refractivity contribution in [1.82, 2.24) is 0 Å². The lowest BCUT2D eigenvalue weighted by atomic mass is 10.1. The van der Waals surface area contributed by atoms with Gasteiger partial charge in [0.25, 0.3) is 5.91 Å². The molecular formula is C20H23ClN2O5S. The monoisotopic (exact) mass is 438 g/mol. The van der Waals surface area contributed by atoms with Gasteiger partial charge in [-0.3, -0.25) is 9.10 Å². The molecule has 7 nitrogen and oxygen atoms in total. The molecule has 0 bridgehead atoms. The Morgan fingerprint density at radius 3 is 2.48 bits per heavy atom. The second kappa shape index (κ2) is 8.51. The molecule has 1 saturated heterocycles. The second-order valence-corrected chi connectivity index (χ2v) is 9.16. The van der Waals surface area contributed by atoms with Crippen LogP contribution in [-0.4, -0.2) is 40.8 Å². The number of ether oxygens (including phenoxy) is 2. The summed E-state index contributed by atoms with van der Waals surface area (Å²) < 4.78 is 36.8. The molecule has 1 N–H and O–H groups in total. The van der Waals surface area contributed by atoms with Crippen molar-refractivity contribution in [3.05, 3.63) is 46.5 Å². The first kappa shape index (κ1) is 21.3. The third-order valence-electron chi connectivity index (χ3n) is 4.81. The lowest BCUT2D eigenvalue weighted by molar-refractivity contribution is 0.102. The molecule has 0 atom stereocenters. The number of nitrogens with one attached hydrogen (secondary N) is 1. The van der Waals surface area contributed by atoms with Gasteiger partial charge in [-0.15, -0.1) is 0 Å². The number of methoxy groups -OCH3 is 2. The maximum atomic E-state index is 12.9. The molecule has 2 aromatic rings. The largest absolute Gasteiger partial charge is 0.495 e. The number of sulfonamides is 1. The van der Waals surface area contributed by atoms with Crippen LogP contribution in [0.15, 0.2) is 30.3 Å². The maximum Gasteiger partial charge on any atom is 0.255 e. The topological polar surface area (TPSA) is 84.9 Å². The summed E-state index contributed by atoms with van der Waals surface area (Å²) >= 11 is 6.10. The van der Waals surface area contributed by atoms with Crippen molar-refractivity contribution >= 4 is 38.9 Å². The first-order valence-corrected chi connectivity index (χ1v) is 11.1. The molecule has 2 aromatic carbocycles. The van der Waals surface area contributed by atoms with Gasteiger partial charge in [-0.1, -0.05) is 17.7 Å². The smallest absolute Gasteiger partial charge is 0.255 e. The molecule has 1 heterocycles. The molecule has 9 heteroatoms. The average molecular weight is 439 g/mol. The van der Waals surface area contributed by atoms with E-state index in [1.165, 1.54) is 18.5 Å². The highest BCUT2D eigenvalue weighted by Crippen LogP contribution is 2.36. The Morgan fingerprint density at radius 2 is 1.83 bits per heavy atom. The minimum absolute atomic E-state index is 0.116. The van der Waals surface area contributed by atoms with Gasteiger partial charge in [0.2, 0.25) is 10.0 Å². The average Bonchev–Trinajstić information content (AvgIpc) is 2.69. The van der Waals surface area contributed by atoms with Crippen LogP contribution >= 0.6 is 11.6 Å². The summed E-state index contributed by atoms with van der Waals surface area (Å²) in [5, 5.41) is 3.14. The summed E-state index contributed by atoms with van der Waals surface area (Å²) in [6, 6.07) is 8.13. The van der Waals surface area contributed by atoms with E-state index in [4.69, 9.17) is 21.1 Å². The third-order valence-corrected chi connectivity index (χ3v) is 6.96. The predicted octanol–water partition coefficient (Wildman–Crippen LogP) is 3.85. The van der Waals surface area contributed by atoms with Gasteiger partial charge in [0, 0.05) is 24.2 Å². The molecular weight excluding hydrogens is 416 g/mol. The molecule has 1 fully saturated rings. The summed E-state index contributed by atoms with van der Waals surface area (Å²) in [6.07, 6.45) is 1.44. The number of rotatable bonds is 5. The van der Waals surface area contributed by atoms with E-state index in [0.717, 1.165) is 12.0 Å². The second-order valence-electron chi connectivity index (χ2n) is 6.74. The van der Waals surface area contributed by atoms with Crippen LogP contribution < -0.4 is 19.1 Å². The van der Waals surface area contributed by atoms with Crippen molar-refractivity contribution in [3.8, 4) is 11.5 Å². The van der Waals surface area contributed by atoms with Gasteiger partial charge in [0.15, 0.2) is 0 Å². The fourth-order valence-electron chi connectivity index (χ4n) is 3.23. The quantitative estimate of drug-likeness (QED) is 0.766. The number of anilines is 2. The Balaban J connectivity index is 1.93. The number of carbonyl (C=O) groups is 1. The van der Waals surface area contributed by atoms with E-state index in [0.29, 0.717) is 46.4 Å². The molecule has 0 unspecified atom stereocenters. The van der Waals surface area contributed by atoms with E-state index in [1.807, 2.05) is 6.92 Å². The molecule has 1 aliphatic rings. The highest BCUT2D eigenvalue weighted by atomic mass is 35.5. The van der Waals surface area contributed by atoms with Crippen LogP contribution in [0.5, 0.6) is 11.5 Å². The molecule has 0 radical (unpaired) electrons. The molecule has 0 aliphatic carbocycles. The van der Waals surface area contributed by atoms with E-state index in [1.54, 1.807) is 30.3 Å². The Labute approximate surface area is 175 Å². The van der Waals surface area contributed by atoms with E-state index in [-0.39, 0.29) is 5.75 Å². The Morgan fingerprint density at radius 1 is 1.10 bits per heavy atom. The SMILES string of the molecule is COc1cc(NC(=O)c2ccc(C)c(N3CCCCS3(=O)=O)c2)c(OC)cc1Cl. The van der Waals surface area contributed by atoms with Crippen molar-refractivity contribution in [2.45, 2.75) is 19.8 Å². The first-order valence-electron chi connectivity index (χ1n) is 9.11. The highest BCUT2D eigenvalue weighted by Gasteiger charge is 2.27. The van der Waals surface area contributed by atoms with E-state index >= 15 is 0 Å². The van der Waals surface area contributed by atoms with Crippen LogP contribution in [0.1, 0.15) is 28.8 Å². The minimum atomic E-state index is -3.37. The number of carbonyl (C=O) groups excluding carboxylic acids is 1. The van der Waals surface area contributed by atoms with Crippen molar-refractivity contribution in [3.63, 3.8) is 0 Å². The van der Waals surface area contributed by atoms with Crippen LogP contribution in [0, 0.1) is 6.92 Å². The van der Waals surface area contributed by atoms with Crippen LogP contribution in [-0.2, 0) is 10.0 Å². The van der Waals surface area contributed by atoms with Gasteiger partial charge in [-0.05, 0) is 37.5 Å². The van der Waals surface area contributed by atoms with Crippen molar-refractivity contribution < 1.29 is 22.7 Å². The zero-order chi connectivity index (χ0) is 21.2. The lowest BCUT2D eigenvalue weighted by Crippen LogP contribution is -2.38. The number of amides is 1. The van der Waals surface area contributed by atoms with Crippen LogP contribution in [0.4, 0.5) is 11.4 Å². The number of nitrogens with zero attached hydrogens (tertiary/aromatic N) is 1. The third kappa shape index (κ3) is 4.43. The summed E-state index contributed by atoms with van der Waals surface area (Å²) in [6.45, 7) is 2.24. The van der Waals surface area contributed by atoms with E-state index < -0.39 is 15.9 Å². The van der Waals surface area contributed by atoms with Crippen molar-refractivity contribution in [2.75, 3.05) is 36.1 Å². The lowest BCUT2D eigenvalue weighted by Gasteiger charge is -2.29. The normalized spacial score (nSPS) is 15.7. The number of halogens is 1. The zero-order valence-electron chi connectivity index (χ0n) is 16.5. The molecule has 1 amide bonds. The number of benzene rings is 2. The van der Waals surface area contributed by atoms with Gasteiger partial charge in [-0.2, -0.15) is 0 Å². The van der Waals surface area contributed by atoms with Crippen LogP contribution in [0.2, 0.25) is 5.02 Å². The zero-order valence-corrected chi connectivity index (χ0v) is 18.1. The molecule has 3 rings (SSSR count). The van der Waals surface area contributed by atoms with Gasteiger partial charge < -0.3 is 14.8 Å². The number of aryl methyl sites for hydroxylation is 1. The summed E-state index contributed by atoms with van der Waals surface area (Å²) in [5.74, 6) is 0.496. The maximum absolute atomic E-state index is 12.9. The fraction of sp³-hybridized carbons (Fsp3) is 0.350. The molecule has 156 valence electrons. The van der Waals surface area contributed by atoms with E-state index in [9.17, 15) is 13.2 Å². The predicted molar refractivity (Wildman–Crippen MR) is 114 cm³/mol. The van der Waals surface area contributed by atoms with Crippen LogP contribution in [0.3, 0.4) is 0 Å². The summed E-state index contributed by atoms with van der Waals surface area (Å²) in [7, 11) is -0.426. The standard InChI is InChI=1S/C20H23ClN2O5S/c1-13-6-7-14(10-17(13)23-8-4-5-9-29(23,25)26)20(24)22-16-12-18(27-2)15(21)11-19(16)28-3/h6-7,10-12H,4-5,8-9H2,1-3H3,(H,22,24). The molecule has 29 heavy (non-hydrogen) atoms. The van der Waals surface area contributed by atoms with Gasteiger partial charge >= 0.3 is 0 Å². The Kier molecular flexibility index (Phi) is 6.24. The van der Waals surface area contributed by atoms with Gasteiger partial charge in [-0.25, -0.2) is 8.42 Å². The summed E-state index contributed by atoms with van der Waals surface area (Å²) in [4.78, 5) is 12.9. The Hall–Kier alpha value is -2.45. The first-order chi connectivity index (χ1) is 13.8. The van der Waals surface area contributed by atoms with Gasteiger partial charge in [0.05, 0.1) is 36.4 Å². The van der Waals surface area contributed by atoms with Crippen molar-refractivity contribution in [1.29, 1.82) is 0 Å². The molecule has 1 aliphatic heterocycles. The molecule has 0 saturated carbocycles. The number of hydrogen-bond acceptors (Lipinski definition) is 5. The molecule has 0 spiro atoms.